The van der Waals surface area contributed by atoms with Crippen LogP contribution in [0.2, 0.25) is 0 Å². The normalized spacial score (nSPS) is 20.6. The maximum absolute atomic E-state index is 12.8. The van der Waals surface area contributed by atoms with Gasteiger partial charge in [-0.05, 0) is 52.6 Å². The second-order valence-electron chi connectivity index (χ2n) is 7.29. The van der Waals surface area contributed by atoms with Gasteiger partial charge in [0.2, 0.25) is 0 Å². The average molecular weight is 345 g/mol. The first-order valence-corrected chi connectivity index (χ1v) is 8.89. The third-order valence-corrected chi connectivity index (χ3v) is 5.15. The molecule has 0 spiro atoms. The monoisotopic (exact) mass is 345 g/mol. The summed E-state index contributed by atoms with van der Waals surface area (Å²) in [6.45, 7) is 6.86. The summed E-state index contributed by atoms with van der Waals surface area (Å²) >= 11 is 0. The summed E-state index contributed by atoms with van der Waals surface area (Å²) in [4.78, 5) is 14.8. The first-order valence-electron chi connectivity index (χ1n) is 8.89. The van der Waals surface area contributed by atoms with E-state index >= 15 is 0 Å². The Labute approximate surface area is 148 Å². The molecule has 2 aromatic heterocycles. The van der Waals surface area contributed by atoms with E-state index in [1.165, 1.54) is 0 Å². The fourth-order valence-electron chi connectivity index (χ4n) is 3.88. The summed E-state index contributed by atoms with van der Waals surface area (Å²) in [6.07, 6.45) is 2.77. The summed E-state index contributed by atoms with van der Waals surface area (Å²) in [5.74, 6) is 1.82. The van der Waals surface area contributed by atoms with Crippen molar-refractivity contribution in [3.05, 3.63) is 34.8 Å². The molecule has 0 aromatic carbocycles. The van der Waals surface area contributed by atoms with E-state index in [4.69, 9.17) is 4.52 Å². The zero-order valence-corrected chi connectivity index (χ0v) is 15.5. The van der Waals surface area contributed by atoms with Crippen molar-refractivity contribution in [1.29, 1.82) is 0 Å². The van der Waals surface area contributed by atoms with Gasteiger partial charge in [-0.15, -0.1) is 0 Å². The number of carbonyl (C=O) groups excluding carboxylic acids is 1. The van der Waals surface area contributed by atoms with Gasteiger partial charge < -0.3 is 9.63 Å². The average Bonchev–Trinajstić information content (AvgIpc) is 3.20. The smallest absolute Gasteiger partial charge is 0.180 e. The van der Waals surface area contributed by atoms with Gasteiger partial charge in [0.25, 0.3) is 0 Å². The molecule has 2 unspecified atom stereocenters. The van der Waals surface area contributed by atoms with Gasteiger partial charge in [0.15, 0.2) is 11.6 Å². The predicted molar refractivity (Wildman–Crippen MR) is 95.2 cm³/mol. The molecule has 1 N–H and O–H groups in total. The van der Waals surface area contributed by atoms with Crippen LogP contribution in [0.3, 0.4) is 0 Å². The number of nitrogens with zero attached hydrogens (tertiary/aromatic N) is 3. The molecule has 0 radical (unpaired) electrons. The third kappa shape index (κ3) is 3.70. The van der Waals surface area contributed by atoms with Gasteiger partial charge in [0.05, 0.1) is 12.6 Å². The molecule has 2 aromatic rings. The van der Waals surface area contributed by atoms with Crippen LogP contribution in [-0.2, 0) is 0 Å². The minimum absolute atomic E-state index is 0.0922. The SMILES string of the molecule is Cc1cc(-n2c(C)cc(C(=O)CN(C)CC3CCCC3O)c2C)no1. The van der Waals surface area contributed by atoms with Gasteiger partial charge in [-0.25, -0.2) is 0 Å². The number of likely N-dealkylation sites (N-methyl/N-ethyl adjacent to an activating group) is 1. The van der Waals surface area contributed by atoms with Crippen molar-refractivity contribution in [3.8, 4) is 5.82 Å². The minimum Gasteiger partial charge on any atom is -0.393 e. The standard InChI is InChI=1S/C19H27N3O3/c1-12-8-16(14(3)22(12)19-9-13(2)25-20-19)18(24)11-21(4)10-15-6-5-7-17(15)23/h8-9,15,17,23H,5-7,10-11H2,1-4H3. The van der Waals surface area contributed by atoms with E-state index in [1.807, 2.05) is 49.4 Å². The zero-order chi connectivity index (χ0) is 18.1. The molecule has 6 heteroatoms. The molecular weight excluding hydrogens is 318 g/mol. The van der Waals surface area contributed by atoms with E-state index in [0.717, 1.165) is 48.5 Å². The van der Waals surface area contributed by atoms with Crippen molar-refractivity contribution < 1.29 is 14.4 Å². The predicted octanol–water partition coefficient (Wildman–Crippen LogP) is 2.67. The topological polar surface area (TPSA) is 71.5 Å². The van der Waals surface area contributed by atoms with Gasteiger partial charge in [-0.1, -0.05) is 11.6 Å². The summed E-state index contributed by atoms with van der Waals surface area (Å²) in [7, 11) is 1.95. The van der Waals surface area contributed by atoms with Gasteiger partial charge in [-0.3, -0.25) is 14.3 Å². The van der Waals surface area contributed by atoms with E-state index in [9.17, 15) is 9.90 Å². The van der Waals surface area contributed by atoms with Crippen LogP contribution in [0.5, 0.6) is 0 Å². The molecule has 2 heterocycles. The first-order chi connectivity index (χ1) is 11.9. The van der Waals surface area contributed by atoms with Gasteiger partial charge in [0, 0.05) is 29.6 Å². The van der Waals surface area contributed by atoms with Crippen molar-refractivity contribution in [3.63, 3.8) is 0 Å². The molecule has 25 heavy (non-hydrogen) atoms. The maximum Gasteiger partial charge on any atom is 0.180 e. The first kappa shape index (κ1) is 17.9. The van der Waals surface area contributed by atoms with Crippen molar-refractivity contribution >= 4 is 5.78 Å². The molecule has 6 nitrogen and oxygen atoms in total. The molecule has 0 aliphatic heterocycles. The highest BCUT2D eigenvalue weighted by Gasteiger charge is 2.27. The Hall–Kier alpha value is -1.92. The fraction of sp³-hybridized carbons (Fsp3) is 0.579. The van der Waals surface area contributed by atoms with E-state index in [-0.39, 0.29) is 17.8 Å². The van der Waals surface area contributed by atoms with Crippen molar-refractivity contribution in [2.75, 3.05) is 20.1 Å². The quantitative estimate of drug-likeness (QED) is 0.815. The maximum atomic E-state index is 12.8. The largest absolute Gasteiger partial charge is 0.393 e. The lowest BCUT2D eigenvalue weighted by Crippen LogP contribution is -2.33. The van der Waals surface area contributed by atoms with Crippen LogP contribution >= 0.6 is 0 Å². The fourth-order valence-corrected chi connectivity index (χ4v) is 3.88. The molecule has 0 amide bonds. The lowest BCUT2D eigenvalue weighted by atomic mass is 10.1. The Bertz CT molecular complexity index is 762. The number of aliphatic hydroxyl groups is 1. The molecule has 0 saturated heterocycles. The number of rotatable bonds is 6. The lowest BCUT2D eigenvalue weighted by Gasteiger charge is -2.22. The summed E-state index contributed by atoms with van der Waals surface area (Å²) in [6, 6.07) is 3.78. The van der Waals surface area contributed by atoms with Crippen LogP contribution < -0.4 is 0 Å². The summed E-state index contributed by atoms with van der Waals surface area (Å²) < 4.78 is 7.11. The Morgan fingerprint density at radius 3 is 2.72 bits per heavy atom. The molecular formula is C19H27N3O3. The van der Waals surface area contributed by atoms with Crippen LogP contribution in [0.15, 0.2) is 16.7 Å². The number of hydrogen-bond donors (Lipinski definition) is 1. The van der Waals surface area contributed by atoms with E-state index in [2.05, 4.69) is 5.16 Å². The Balaban J connectivity index is 1.72. The highest BCUT2D eigenvalue weighted by Crippen LogP contribution is 2.26. The molecule has 0 bridgehead atoms. The van der Waals surface area contributed by atoms with Crippen LogP contribution in [0.25, 0.3) is 5.82 Å². The van der Waals surface area contributed by atoms with Gasteiger partial charge >= 0.3 is 0 Å². The Morgan fingerprint density at radius 1 is 1.36 bits per heavy atom. The molecule has 1 fully saturated rings. The van der Waals surface area contributed by atoms with Crippen LogP contribution in [-0.4, -0.2) is 51.8 Å². The molecule has 1 saturated carbocycles. The highest BCUT2D eigenvalue weighted by molar-refractivity contribution is 5.99. The van der Waals surface area contributed by atoms with Crippen LogP contribution in [0.1, 0.15) is 46.8 Å². The molecule has 136 valence electrons. The van der Waals surface area contributed by atoms with Crippen LogP contribution in [0.4, 0.5) is 0 Å². The number of aliphatic hydroxyl groups excluding tert-OH is 1. The number of carbonyl (C=O) groups is 1. The molecule has 3 rings (SSSR count). The molecule has 1 aliphatic rings. The highest BCUT2D eigenvalue weighted by atomic mass is 16.5. The van der Waals surface area contributed by atoms with E-state index in [0.29, 0.717) is 12.4 Å². The second-order valence-corrected chi connectivity index (χ2v) is 7.29. The van der Waals surface area contributed by atoms with Gasteiger partial charge in [-0.2, -0.15) is 0 Å². The Kier molecular flexibility index (Phi) is 5.11. The number of aryl methyl sites for hydroxylation is 2. The van der Waals surface area contributed by atoms with Gasteiger partial charge in [0.1, 0.15) is 5.76 Å². The second kappa shape index (κ2) is 7.14. The molecule has 2 atom stereocenters. The van der Waals surface area contributed by atoms with Crippen molar-refractivity contribution in [1.82, 2.24) is 14.6 Å². The number of hydrogen-bond acceptors (Lipinski definition) is 5. The number of aromatic nitrogens is 2. The zero-order valence-electron chi connectivity index (χ0n) is 15.5. The minimum atomic E-state index is -0.224. The van der Waals surface area contributed by atoms with Crippen molar-refractivity contribution in [2.45, 2.75) is 46.1 Å². The van der Waals surface area contributed by atoms with Crippen molar-refractivity contribution in [2.24, 2.45) is 5.92 Å². The lowest BCUT2D eigenvalue weighted by molar-refractivity contribution is 0.0870. The Morgan fingerprint density at radius 2 is 2.12 bits per heavy atom. The van der Waals surface area contributed by atoms with E-state index < -0.39 is 0 Å². The molecule has 1 aliphatic carbocycles. The number of ketones is 1. The number of Topliss-reactive ketones (excluding diaryl/α,β-unsaturated/α-hetero) is 1. The third-order valence-electron chi connectivity index (χ3n) is 5.15. The summed E-state index contributed by atoms with van der Waals surface area (Å²) in [5.41, 5.74) is 2.56. The summed E-state index contributed by atoms with van der Waals surface area (Å²) in [5, 5.41) is 14.0. The van der Waals surface area contributed by atoms with Crippen LogP contribution in [0, 0.1) is 26.7 Å². The van der Waals surface area contributed by atoms with E-state index in [1.54, 1.807) is 0 Å².